The molecule has 0 unspecified atom stereocenters. The van der Waals surface area contributed by atoms with Gasteiger partial charge in [0.15, 0.2) is 0 Å². The van der Waals surface area contributed by atoms with Crippen LogP contribution in [0.5, 0.6) is 0 Å². The number of carbonyl (C=O) groups is 1. The number of nitrogens with one attached hydrogen (secondary N) is 1. The lowest BCUT2D eigenvalue weighted by Crippen LogP contribution is -2.59. The Bertz CT molecular complexity index is 1320. The molecule has 0 bridgehead atoms. The van der Waals surface area contributed by atoms with Crippen LogP contribution in [0.2, 0.25) is 0 Å². The van der Waals surface area contributed by atoms with Gasteiger partial charge in [-0.05, 0) is 64.3 Å². The van der Waals surface area contributed by atoms with E-state index in [0.717, 1.165) is 19.0 Å². The second-order valence-electron chi connectivity index (χ2n) is 9.36. The van der Waals surface area contributed by atoms with E-state index < -0.39 is 42.8 Å². The van der Waals surface area contributed by atoms with Crippen molar-refractivity contribution in [3.63, 3.8) is 0 Å². The third kappa shape index (κ3) is 3.75. The Morgan fingerprint density at radius 3 is 2.68 bits per heavy atom. The van der Waals surface area contributed by atoms with Gasteiger partial charge >= 0.3 is 0 Å². The molecule has 2 aromatic heterocycles. The number of aromatic nitrogens is 2. The number of nitrogens with zero attached hydrogens (tertiary/aromatic N) is 4. The van der Waals surface area contributed by atoms with Gasteiger partial charge in [0.2, 0.25) is 0 Å². The molecule has 182 valence electrons. The highest BCUT2D eigenvalue weighted by atomic mass is 32.2. The van der Waals surface area contributed by atoms with Crippen LogP contribution < -0.4 is 11.1 Å². The number of fused-ring (bicyclic) bond motifs is 1. The molecular formula is C23H28F2N6O2S. The quantitative estimate of drug-likeness (QED) is 0.679. The SMILES string of the molecule is Cc1cc(F)cnc1C(=O)Nc1ccc(F)c([C@@]2(C)N=C(N)C(C)(C)[S@@]3(=O)=NCCCC[C@H]23)n1. The molecule has 4 heterocycles. The Labute approximate surface area is 197 Å². The number of halogens is 2. The molecule has 34 heavy (non-hydrogen) atoms. The fourth-order valence-electron chi connectivity index (χ4n) is 4.63. The summed E-state index contributed by atoms with van der Waals surface area (Å²) >= 11 is 0. The maximum Gasteiger partial charge on any atom is 0.275 e. The molecule has 0 saturated carbocycles. The summed E-state index contributed by atoms with van der Waals surface area (Å²) in [4.78, 5) is 25.6. The zero-order chi connectivity index (χ0) is 24.9. The smallest absolute Gasteiger partial charge is 0.275 e. The fourth-order valence-corrected chi connectivity index (χ4v) is 7.87. The summed E-state index contributed by atoms with van der Waals surface area (Å²) in [6.45, 7) is 7.19. The van der Waals surface area contributed by atoms with Crippen molar-refractivity contribution >= 4 is 27.3 Å². The van der Waals surface area contributed by atoms with Gasteiger partial charge in [0.25, 0.3) is 5.91 Å². The van der Waals surface area contributed by atoms with Gasteiger partial charge in [-0.25, -0.2) is 27.3 Å². The summed E-state index contributed by atoms with van der Waals surface area (Å²) < 4.78 is 46.5. The Hall–Kier alpha value is -2.95. The van der Waals surface area contributed by atoms with Crippen molar-refractivity contribution in [2.75, 3.05) is 11.9 Å². The van der Waals surface area contributed by atoms with Gasteiger partial charge in [-0.15, -0.1) is 0 Å². The molecule has 0 spiro atoms. The van der Waals surface area contributed by atoms with Crippen molar-refractivity contribution in [2.45, 2.75) is 62.5 Å². The number of carbonyl (C=O) groups excluding carboxylic acids is 1. The van der Waals surface area contributed by atoms with Crippen molar-refractivity contribution in [1.29, 1.82) is 0 Å². The molecular weight excluding hydrogens is 462 g/mol. The summed E-state index contributed by atoms with van der Waals surface area (Å²) in [5.41, 5.74) is 5.25. The van der Waals surface area contributed by atoms with Crippen LogP contribution in [0.3, 0.4) is 0 Å². The second-order valence-corrected chi connectivity index (χ2v) is 12.3. The Morgan fingerprint density at radius 2 is 1.97 bits per heavy atom. The lowest BCUT2D eigenvalue weighted by Gasteiger charge is -2.45. The van der Waals surface area contributed by atoms with Crippen LogP contribution in [-0.4, -0.2) is 42.5 Å². The number of hydrogen-bond donors (Lipinski definition) is 2. The molecule has 0 saturated heterocycles. The third-order valence-corrected chi connectivity index (χ3v) is 10.4. The number of aliphatic imine (C=N–C) groups is 1. The third-order valence-electron chi connectivity index (χ3n) is 6.70. The lowest BCUT2D eigenvalue weighted by molar-refractivity contribution is 0.102. The highest BCUT2D eigenvalue weighted by molar-refractivity contribution is 7.96. The van der Waals surface area contributed by atoms with Crippen molar-refractivity contribution in [1.82, 2.24) is 9.97 Å². The van der Waals surface area contributed by atoms with Crippen LogP contribution in [-0.2, 0) is 15.3 Å². The summed E-state index contributed by atoms with van der Waals surface area (Å²) in [6.07, 6.45) is 3.00. The zero-order valence-electron chi connectivity index (χ0n) is 19.6. The molecule has 3 atom stereocenters. The maximum absolute atomic E-state index is 15.2. The van der Waals surface area contributed by atoms with Crippen LogP contribution in [0, 0.1) is 18.6 Å². The van der Waals surface area contributed by atoms with E-state index in [1.165, 1.54) is 18.2 Å². The second kappa shape index (κ2) is 8.37. The number of pyridine rings is 2. The highest BCUT2D eigenvalue weighted by Crippen LogP contribution is 2.46. The van der Waals surface area contributed by atoms with Gasteiger partial charge in [0.05, 0.1) is 21.2 Å². The molecule has 11 heteroatoms. The highest BCUT2D eigenvalue weighted by Gasteiger charge is 2.56. The van der Waals surface area contributed by atoms with Gasteiger partial charge in [-0.2, -0.15) is 0 Å². The summed E-state index contributed by atoms with van der Waals surface area (Å²) in [5.74, 6) is -1.64. The Morgan fingerprint density at radius 1 is 1.24 bits per heavy atom. The molecule has 2 aliphatic heterocycles. The molecule has 1 amide bonds. The minimum absolute atomic E-state index is 0.0209. The van der Waals surface area contributed by atoms with Gasteiger partial charge < -0.3 is 11.1 Å². The standard InChI is InChI=1S/C23H28F2N6O2S/c1-13-11-14(24)12-27-18(13)20(32)30-17-9-8-15(25)19(29-17)23(4)16-7-5-6-10-28-34(16,33)22(2,3)21(26)31-23/h8-9,11-12,16H,5-7,10H2,1-4H3,(H2,26,31)(H,29,30,32)/t16-,23+,34-/m1/s1. The summed E-state index contributed by atoms with van der Waals surface area (Å²) in [7, 11) is -2.93. The number of aryl methyl sites for hydroxylation is 1. The van der Waals surface area contributed by atoms with E-state index >= 15 is 4.39 Å². The van der Waals surface area contributed by atoms with Crippen LogP contribution in [0.15, 0.2) is 33.8 Å². The van der Waals surface area contributed by atoms with Gasteiger partial charge in [0.1, 0.15) is 45.0 Å². The van der Waals surface area contributed by atoms with E-state index in [1.807, 2.05) is 0 Å². The van der Waals surface area contributed by atoms with Crippen LogP contribution in [0.4, 0.5) is 14.6 Å². The molecule has 4 rings (SSSR count). The summed E-state index contributed by atoms with van der Waals surface area (Å²) in [5, 5.41) is 1.98. The van der Waals surface area contributed by atoms with Gasteiger partial charge in [-0.3, -0.25) is 9.79 Å². The normalized spacial score (nSPS) is 28.2. The number of anilines is 1. The van der Waals surface area contributed by atoms with Crippen LogP contribution in [0.25, 0.3) is 0 Å². The predicted molar refractivity (Wildman–Crippen MR) is 127 cm³/mol. The molecule has 0 aliphatic carbocycles. The van der Waals surface area contributed by atoms with E-state index in [1.54, 1.807) is 27.7 Å². The molecule has 0 aromatic carbocycles. The first kappa shape index (κ1) is 24.2. The fraction of sp³-hybridized carbons (Fsp3) is 0.478. The number of rotatable bonds is 3. The lowest BCUT2D eigenvalue weighted by atomic mass is 9.88. The average molecular weight is 491 g/mol. The number of nitrogens with two attached hydrogens (primary N) is 1. The van der Waals surface area contributed by atoms with E-state index in [0.29, 0.717) is 18.5 Å². The first-order valence-corrected chi connectivity index (χ1v) is 12.7. The minimum Gasteiger partial charge on any atom is -0.386 e. The number of amidine groups is 1. The zero-order valence-corrected chi connectivity index (χ0v) is 20.4. The predicted octanol–water partition coefficient (Wildman–Crippen LogP) is 3.70. The van der Waals surface area contributed by atoms with Crippen molar-refractivity contribution in [2.24, 2.45) is 15.1 Å². The van der Waals surface area contributed by atoms with E-state index in [9.17, 15) is 13.4 Å². The molecule has 2 aliphatic rings. The largest absolute Gasteiger partial charge is 0.386 e. The van der Waals surface area contributed by atoms with E-state index in [2.05, 4.69) is 24.6 Å². The van der Waals surface area contributed by atoms with Crippen molar-refractivity contribution in [3.05, 3.63) is 53.0 Å². The minimum atomic E-state index is -2.93. The monoisotopic (exact) mass is 490 g/mol. The molecule has 3 N–H and O–H groups in total. The first-order chi connectivity index (χ1) is 15.9. The number of hydrogen-bond acceptors (Lipinski definition) is 7. The van der Waals surface area contributed by atoms with Crippen molar-refractivity contribution in [3.8, 4) is 0 Å². The topological polar surface area (TPSA) is 123 Å². The van der Waals surface area contributed by atoms with Crippen molar-refractivity contribution < 1.29 is 17.8 Å². The van der Waals surface area contributed by atoms with Gasteiger partial charge in [0, 0.05) is 6.54 Å². The first-order valence-electron chi connectivity index (χ1n) is 11.1. The Balaban J connectivity index is 1.80. The average Bonchev–Trinajstić information content (AvgIpc) is 2.97. The van der Waals surface area contributed by atoms with E-state index in [4.69, 9.17) is 5.73 Å². The maximum atomic E-state index is 15.2. The van der Waals surface area contributed by atoms with Gasteiger partial charge in [-0.1, -0.05) is 6.42 Å². The Kier molecular flexibility index (Phi) is 5.95. The van der Waals surface area contributed by atoms with Crippen LogP contribution >= 0.6 is 0 Å². The molecule has 0 radical (unpaired) electrons. The van der Waals surface area contributed by atoms with Crippen LogP contribution in [0.1, 0.15) is 61.8 Å². The van der Waals surface area contributed by atoms with E-state index in [-0.39, 0.29) is 23.0 Å². The summed E-state index contributed by atoms with van der Waals surface area (Å²) in [6, 6.07) is 3.68. The molecule has 0 fully saturated rings. The molecule has 8 nitrogen and oxygen atoms in total. The number of amides is 1. The molecule has 2 aromatic rings.